The predicted molar refractivity (Wildman–Crippen MR) is 94.1 cm³/mol. The minimum absolute atomic E-state index is 0.277. The van der Waals surface area contributed by atoms with Crippen LogP contribution in [0.2, 0.25) is 0 Å². The number of benzene rings is 2. The number of methoxy groups -OCH3 is 2. The highest BCUT2D eigenvalue weighted by Crippen LogP contribution is 2.33. The number of quaternary nitrogens is 1. The second-order valence-electron chi connectivity index (χ2n) is 6.10. The molecule has 1 heterocycles. The smallest absolute Gasteiger partial charge is 0.161 e. The van der Waals surface area contributed by atoms with Gasteiger partial charge in [-0.1, -0.05) is 19.1 Å². The normalized spacial score (nSPS) is 16.4. The maximum Gasteiger partial charge on any atom is 0.161 e. The Morgan fingerprint density at radius 2 is 1.75 bits per heavy atom. The van der Waals surface area contributed by atoms with E-state index < -0.39 is 0 Å². The van der Waals surface area contributed by atoms with E-state index in [-0.39, 0.29) is 6.04 Å². The molecule has 4 nitrogen and oxygen atoms in total. The molecule has 0 fully saturated rings. The molecule has 0 radical (unpaired) electrons. The molecule has 0 aromatic heterocycles. The first kappa shape index (κ1) is 16.7. The Bertz CT molecular complexity index is 682. The summed E-state index contributed by atoms with van der Waals surface area (Å²) in [5.41, 5.74) is 3.93. The highest BCUT2D eigenvalue weighted by Gasteiger charge is 2.26. The van der Waals surface area contributed by atoms with Crippen LogP contribution < -0.4 is 19.5 Å². The lowest BCUT2D eigenvalue weighted by atomic mass is 9.94. The van der Waals surface area contributed by atoms with E-state index in [1.54, 1.807) is 14.2 Å². The van der Waals surface area contributed by atoms with Gasteiger partial charge in [-0.25, -0.2) is 0 Å². The zero-order valence-electron chi connectivity index (χ0n) is 14.7. The van der Waals surface area contributed by atoms with Crippen molar-refractivity contribution in [3.63, 3.8) is 0 Å². The topological polar surface area (TPSA) is 44.3 Å². The fourth-order valence-electron chi connectivity index (χ4n) is 3.23. The third kappa shape index (κ3) is 3.49. The average molecular weight is 328 g/mol. The summed E-state index contributed by atoms with van der Waals surface area (Å²) in [6.07, 6.45) is 2.09. The lowest BCUT2D eigenvalue weighted by molar-refractivity contribution is -0.700. The van der Waals surface area contributed by atoms with Crippen molar-refractivity contribution in [2.24, 2.45) is 0 Å². The van der Waals surface area contributed by atoms with Gasteiger partial charge in [-0.15, -0.1) is 0 Å². The first-order valence-electron chi connectivity index (χ1n) is 8.55. The molecule has 2 aromatic carbocycles. The second-order valence-corrected chi connectivity index (χ2v) is 6.10. The molecule has 0 bridgehead atoms. The summed E-state index contributed by atoms with van der Waals surface area (Å²) in [6, 6.07) is 12.8. The van der Waals surface area contributed by atoms with Gasteiger partial charge < -0.3 is 19.5 Å². The maximum atomic E-state index is 6.03. The number of hydrogen-bond acceptors (Lipinski definition) is 3. The summed E-state index contributed by atoms with van der Waals surface area (Å²) in [5, 5.41) is 2.34. The van der Waals surface area contributed by atoms with Gasteiger partial charge in [0.25, 0.3) is 0 Å². The summed E-state index contributed by atoms with van der Waals surface area (Å²) in [5.74, 6) is 2.50. The van der Waals surface area contributed by atoms with Crippen LogP contribution in [-0.2, 0) is 12.8 Å². The average Bonchev–Trinajstić information content (AvgIpc) is 2.65. The van der Waals surface area contributed by atoms with Crippen molar-refractivity contribution in [2.45, 2.75) is 25.8 Å². The summed E-state index contributed by atoms with van der Waals surface area (Å²) >= 11 is 0. The van der Waals surface area contributed by atoms with Gasteiger partial charge in [-0.3, -0.25) is 0 Å². The summed E-state index contributed by atoms with van der Waals surface area (Å²) in [7, 11) is 3.36. The molecular weight excluding hydrogens is 302 g/mol. The number of rotatable bonds is 6. The lowest BCUT2D eigenvalue weighted by Gasteiger charge is -2.25. The number of ether oxygens (including phenoxy) is 3. The molecule has 1 aliphatic rings. The van der Waals surface area contributed by atoms with E-state index in [0.29, 0.717) is 6.61 Å². The minimum atomic E-state index is 0.277. The molecule has 3 rings (SSSR count). The van der Waals surface area contributed by atoms with Crippen molar-refractivity contribution < 1.29 is 19.5 Å². The quantitative estimate of drug-likeness (QED) is 0.886. The summed E-state index contributed by atoms with van der Waals surface area (Å²) in [4.78, 5) is 0. The second kappa shape index (κ2) is 7.58. The summed E-state index contributed by atoms with van der Waals surface area (Å²) in [6.45, 7) is 3.87. The van der Waals surface area contributed by atoms with Crippen molar-refractivity contribution >= 4 is 0 Å². The molecule has 2 aromatic rings. The Hall–Kier alpha value is -2.20. The molecule has 0 aliphatic carbocycles. The number of nitrogens with two attached hydrogens (primary N) is 1. The highest BCUT2D eigenvalue weighted by atomic mass is 16.5. The van der Waals surface area contributed by atoms with Gasteiger partial charge in [0.05, 0.1) is 20.8 Å². The van der Waals surface area contributed by atoms with E-state index >= 15 is 0 Å². The summed E-state index contributed by atoms with van der Waals surface area (Å²) < 4.78 is 16.9. The highest BCUT2D eigenvalue weighted by molar-refractivity contribution is 5.48. The molecule has 0 unspecified atom stereocenters. The van der Waals surface area contributed by atoms with E-state index in [4.69, 9.17) is 14.2 Å². The molecule has 1 aliphatic heterocycles. The van der Waals surface area contributed by atoms with Crippen LogP contribution >= 0.6 is 0 Å². The van der Waals surface area contributed by atoms with E-state index in [2.05, 4.69) is 48.6 Å². The van der Waals surface area contributed by atoms with Crippen molar-refractivity contribution in [3.8, 4) is 17.2 Å². The molecule has 0 spiro atoms. The molecule has 0 amide bonds. The Morgan fingerprint density at radius 1 is 1.04 bits per heavy atom. The zero-order valence-corrected chi connectivity index (χ0v) is 14.7. The van der Waals surface area contributed by atoms with E-state index in [9.17, 15) is 0 Å². The lowest BCUT2D eigenvalue weighted by Crippen LogP contribution is -2.88. The van der Waals surface area contributed by atoms with E-state index in [0.717, 1.165) is 36.6 Å². The molecular formula is C20H26NO3+. The van der Waals surface area contributed by atoms with Crippen LogP contribution in [0.3, 0.4) is 0 Å². The largest absolute Gasteiger partial charge is 0.493 e. The van der Waals surface area contributed by atoms with Crippen LogP contribution in [0.1, 0.15) is 29.7 Å². The Kier molecular flexibility index (Phi) is 5.26. The number of aryl methyl sites for hydroxylation is 1. The van der Waals surface area contributed by atoms with Crippen LogP contribution in [0.4, 0.5) is 0 Å². The Labute approximate surface area is 143 Å². The SMILES string of the molecule is CCc1ccc(OC[C@@H]2[NH2+]CCc3cc(OC)c(OC)cc32)cc1. The molecule has 128 valence electrons. The van der Waals surface area contributed by atoms with Crippen LogP contribution in [0, 0.1) is 0 Å². The van der Waals surface area contributed by atoms with Gasteiger partial charge in [0.2, 0.25) is 0 Å². The third-order valence-corrected chi connectivity index (χ3v) is 4.67. The van der Waals surface area contributed by atoms with Crippen LogP contribution in [0.25, 0.3) is 0 Å². The monoisotopic (exact) mass is 328 g/mol. The fraction of sp³-hybridized carbons (Fsp3) is 0.400. The van der Waals surface area contributed by atoms with Crippen molar-refractivity contribution in [1.29, 1.82) is 0 Å². The van der Waals surface area contributed by atoms with E-state index in [1.807, 2.05) is 0 Å². The Balaban J connectivity index is 1.76. The standard InChI is InChI=1S/C20H25NO3/c1-4-14-5-7-16(8-6-14)24-13-18-17-12-20(23-3)19(22-2)11-15(17)9-10-21-18/h5-8,11-12,18,21H,4,9-10,13H2,1-3H3/p+1/t18-/m0/s1. The number of hydrogen-bond donors (Lipinski definition) is 1. The molecule has 1 atom stereocenters. The van der Waals surface area contributed by atoms with Gasteiger partial charge in [0.1, 0.15) is 18.4 Å². The fourth-order valence-corrected chi connectivity index (χ4v) is 3.23. The molecule has 2 N–H and O–H groups in total. The molecule has 4 heteroatoms. The van der Waals surface area contributed by atoms with Gasteiger partial charge >= 0.3 is 0 Å². The van der Waals surface area contributed by atoms with Gasteiger partial charge in [0, 0.05) is 12.0 Å². The first-order valence-corrected chi connectivity index (χ1v) is 8.55. The van der Waals surface area contributed by atoms with Crippen molar-refractivity contribution in [3.05, 3.63) is 53.1 Å². The van der Waals surface area contributed by atoms with Gasteiger partial charge in [0.15, 0.2) is 11.5 Å². The zero-order chi connectivity index (χ0) is 16.9. The predicted octanol–water partition coefficient (Wildman–Crippen LogP) is 2.51. The first-order chi connectivity index (χ1) is 11.7. The molecule has 0 saturated heterocycles. The van der Waals surface area contributed by atoms with Crippen LogP contribution in [-0.4, -0.2) is 27.4 Å². The maximum absolute atomic E-state index is 6.03. The van der Waals surface area contributed by atoms with Gasteiger partial charge in [-0.2, -0.15) is 0 Å². The van der Waals surface area contributed by atoms with Crippen LogP contribution in [0.5, 0.6) is 17.2 Å². The van der Waals surface area contributed by atoms with Crippen molar-refractivity contribution in [2.75, 3.05) is 27.4 Å². The molecule has 24 heavy (non-hydrogen) atoms. The van der Waals surface area contributed by atoms with Gasteiger partial charge in [-0.05, 0) is 41.8 Å². The Morgan fingerprint density at radius 3 is 2.42 bits per heavy atom. The number of fused-ring (bicyclic) bond motifs is 1. The van der Waals surface area contributed by atoms with Crippen LogP contribution in [0.15, 0.2) is 36.4 Å². The third-order valence-electron chi connectivity index (χ3n) is 4.67. The van der Waals surface area contributed by atoms with E-state index in [1.165, 1.54) is 16.7 Å². The molecule has 0 saturated carbocycles. The van der Waals surface area contributed by atoms with Crippen molar-refractivity contribution in [1.82, 2.24) is 0 Å². The minimum Gasteiger partial charge on any atom is -0.493 e.